The summed E-state index contributed by atoms with van der Waals surface area (Å²) in [6.45, 7) is 33.9. The second-order valence-corrected chi connectivity index (χ2v) is 37.9. The smallest absolute Gasteiger partial charge is 0.311 e. The fourth-order valence-electron chi connectivity index (χ4n) is 19.4. The topological polar surface area (TPSA) is 62.7 Å². The van der Waals surface area contributed by atoms with Gasteiger partial charge in [0, 0.05) is 90.8 Å². The Balaban J connectivity index is 0.000000126. The van der Waals surface area contributed by atoms with Crippen molar-refractivity contribution in [2.75, 3.05) is 0 Å². The van der Waals surface area contributed by atoms with E-state index in [4.69, 9.17) is 0 Å². The molecule has 0 radical (unpaired) electrons. The Bertz CT molecular complexity index is 7400. The van der Waals surface area contributed by atoms with Crippen LogP contribution in [0.2, 0.25) is 0 Å². The molecule has 9 aromatic heterocycles. The first-order valence-corrected chi connectivity index (χ1v) is 48.2. The van der Waals surface area contributed by atoms with Crippen LogP contribution < -0.4 is 27.4 Å². The molecule has 9 heterocycles. The van der Waals surface area contributed by atoms with Gasteiger partial charge in [0.2, 0.25) is 5.69 Å². The van der Waals surface area contributed by atoms with Crippen LogP contribution in [0.15, 0.2) is 365 Å². The van der Waals surface area contributed by atoms with E-state index in [2.05, 4.69) is 584 Å². The van der Waals surface area contributed by atoms with Gasteiger partial charge < -0.3 is 13.7 Å². The molecule has 0 N–H and O–H groups in total. The third kappa shape index (κ3) is 19.5. The predicted octanol–water partition coefficient (Wildman–Crippen LogP) is 26.2. The SMILES string of the molecule is CC(C)c1cccc(C(C)C)c1-n1c(-c2cccn2C)[n+](C)c2ccccc21.CC(C)c1cccc(C(C)C)c1-n1cc[n+](C)c1-c1cccn1C.Cc1ccccc1-c1cccc[n+]1C.Cc1ccccc1-c1n(-c2c(C(C)C)cccc2C(C)C)c2ccccc2[n+]1C.Cc1ccccc1-c1n(-c2ccccc2)c2ccccc2[n+]1C.Cn1cccc1-c1n(-c2ccccc2)cc[n+]1C. The maximum atomic E-state index is 2.50. The molecule has 0 saturated heterocycles. The quantitative estimate of drug-likeness (QED) is 0.0816. The Morgan fingerprint density at radius 1 is 0.221 bits per heavy atom. The predicted molar refractivity (Wildman–Crippen MR) is 563 cm³/mol. The highest BCUT2D eigenvalue weighted by molar-refractivity contribution is 5.83. The van der Waals surface area contributed by atoms with Crippen LogP contribution in [0.3, 0.4) is 0 Å². The molecular weight excluding hydrogens is 1660 g/mol. The van der Waals surface area contributed by atoms with E-state index >= 15 is 0 Å². The van der Waals surface area contributed by atoms with Crippen LogP contribution in [0.1, 0.15) is 169 Å². The molecule has 0 aliphatic heterocycles. The molecule has 20 rings (SSSR count). The van der Waals surface area contributed by atoms with E-state index in [1.165, 1.54) is 180 Å². The van der Waals surface area contributed by atoms with Crippen LogP contribution in [0, 0.1) is 20.8 Å². The summed E-state index contributed by atoms with van der Waals surface area (Å²) in [6, 6.07) is 112. The lowest BCUT2D eigenvalue weighted by atomic mass is 9.92. The van der Waals surface area contributed by atoms with E-state index < -0.39 is 0 Å². The number of imidazole rings is 5. The minimum absolute atomic E-state index is 0.444. The third-order valence-electron chi connectivity index (χ3n) is 26.6. The zero-order chi connectivity index (χ0) is 96.4. The van der Waals surface area contributed by atoms with Crippen molar-refractivity contribution in [2.45, 2.75) is 139 Å². The Morgan fingerprint density at radius 3 is 0.897 bits per heavy atom. The van der Waals surface area contributed by atoms with Gasteiger partial charge in [0.05, 0.1) is 46.4 Å². The molecule has 0 fully saturated rings. The normalized spacial score (nSPS) is 11.3. The summed E-state index contributed by atoms with van der Waals surface area (Å²) in [5.74, 6) is 8.77. The van der Waals surface area contributed by atoms with Crippen molar-refractivity contribution >= 4 is 33.1 Å². The Morgan fingerprint density at radius 2 is 0.522 bits per heavy atom. The Kier molecular flexibility index (Phi) is 29.7. The molecule has 0 spiro atoms. The van der Waals surface area contributed by atoms with E-state index in [1.807, 2.05) is 12.1 Å². The largest absolute Gasteiger partial charge is 0.344 e. The molecule has 0 aliphatic rings. The van der Waals surface area contributed by atoms with Crippen molar-refractivity contribution in [1.82, 2.24) is 36.5 Å². The maximum absolute atomic E-state index is 2.50. The number of hydrogen-bond donors (Lipinski definition) is 0. The third-order valence-corrected chi connectivity index (χ3v) is 26.6. The van der Waals surface area contributed by atoms with Crippen molar-refractivity contribution in [3.05, 3.63) is 415 Å². The number of rotatable bonds is 17. The van der Waals surface area contributed by atoms with Gasteiger partial charge >= 0.3 is 17.5 Å². The number of pyridine rings is 1. The van der Waals surface area contributed by atoms with Crippen molar-refractivity contribution in [3.63, 3.8) is 0 Å². The molecule has 14 nitrogen and oxygen atoms in total. The fourth-order valence-corrected chi connectivity index (χ4v) is 19.4. The summed E-state index contributed by atoms with van der Waals surface area (Å²) in [5.41, 5.74) is 34.8. The first kappa shape index (κ1) is 95.8. The number of nitrogens with zero attached hydrogens (tertiary/aromatic N) is 14. The lowest BCUT2D eigenvalue weighted by Gasteiger charge is -2.18. The van der Waals surface area contributed by atoms with Gasteiger partial charge in [0.25, 0.3) is 11.6 Å². The van der Waals surface area contributed by atoms with Crippen LogP contribution in [0.5, 0.6) is 0 Å². The number of fused-ring (bicyclic) bond motifs is 3. The number of aryl methyl sites for hydroxylation is 12. The molecular formula is C122H138N14+6. The van der Waals surface area contributed by atoms with Gasteiger partial charge in [-0.3, -0.25) is 0 Å². The van der Waals surface area contributed by atoms with Crippen molar-refractivity contribution in [1.29, 1.82) is 0 Å². The molecule has 11 aromatic carbocycles. The summed E-state index contributed by atoms with van der Waals surface area (Å²) in [5, 5.41) is 0. The van der Waals surface area contributed by atoms with Gasteiger partial charge in [-0.1, -0.05) is 265 Å². The van der Waals surface area contributed by atoms with Crippen molar-refractivity contribution in [2.24, 2.45) is 63.4 Å². The van der Waals surface area contributed by atoms with Crippen molar-refractivity contribution < 1.29 is 27.4 Å². The zero-order valence-corrected chi connectivity index (χ0v) is 84.4. The standard InChI is InChI=1S/C27H31N2.C25H30N3.C21H28N3.C21H19N2.C15H16N3.C13H14N/c1-18(2)21-14-11-15-22(19(3)4)26(21)29-25-17-10-9-16-24(25)28(6)27(29)23-13-8-7-12-20(23)5;1-17(2)19-11-9-12-20(18(3)4)24(19)28-22-14-8-7-13-21(22)27(6)25(28)23-15-10-16-26(23)5;1-15(2)17-9-7-10-18(16(3)4)20(17)24-14-13-23(6)21(24)19-11-8-12-22(19)5;1-16-10-6-7-13-18(16)21-22(2)19-14-8-9-15-20(19)23(21)17-11-4-3-5-12-17;1-16-10-6-9-14(16)15-17(2)11-12-18(15)13-7-4-3-5-8-13;1-11-7-3-4-8-12(11)13-9-5-6-10-14(13)2/h7-19H,1-6H3;7-18H,1-6H3;7-16H,1-6H3;3-15H,1-2H3;3-12H,1-2H3;3-10H,1-2H3/q6*+1. The number of benzene rings is 11. The van der Waals surface area contributed by atoms with E-state index in [1.54, 1.807) is 0 Å². The maximum Gasteiger partial charge on any atom is 0.311 e. The Labute approximate surface area is 806 Å². The van der Waals surface area contributed by atoms with E-state index in [9.17, 15) is 0 Å². The van der Waals surface area contributed by atoms with Crippen LogP contribution in [-0.2, 0) is 63.4 Å². The Hall–Kier alpha value is -14.8. The van der Waals surface area contributed by atoms with E-state index in [-0.39, 0.29) is 0 Å². The fraction of sp³-hybridized carbons (Fsp3) is 0.246. The molecule has 0 amide bonds. The van der Waals surface area contributed by atoms with Crippen LogP contribution in [0.25, 0.3) is 130 Å². The summed E-state index contributed by atoms with van der Waals surface area (Å²) < 4.78 is 31.9. The zero-order valence-electron chi connectivity index (χ0n) is 84.4. The van der Waals surface area contributed by atoms with Gasteiger partial charge in [-0.25, -0.2) is 27.4 Å². The van der Waals surface area contributed by atoms with Crippen LogP contribution in [0.4, 0.5) is 0 Å². The number of aromatic nitrogens is 14. The van der Waals surface area contributed by atoms with E-state index in [0.717, 1.165) is 0 Å². The highest BCUT2D eigenvalue weighted by atomic mass is 15.2. The molecule has 690 valence electrons. The van der Waals surface area contributed by atoms with Gasteiger partial charge in [0.1, 0.15) is 77.4 Å². The van der Waals surface area contributed by atoms with Gasteiger partial charge in [-0.05, 0) is 194 Å². The average molecular weight is 1800 g/mol. The van der Waals surface area contributed by atoms with Crippen molar-refractivity contribution in [3.8, 4) is 97.0 Å². The molecule has 136 heavy (non-hydrogen) atoms. The van der Waals surface area contributed by atoms with Gasteiger partial charge in [-0.2, -0.15) is 22.8 Å². The molecule has 0 saturated carbocycles. The average Bonchev–Trinajstić information content (AvgIpc) is 1.58. The molecule has 0 atom stereocenters. The minimum Gasteiger partial charge on any atom is -0.344 e. The van der Waals surface area contributed by atoms with Crippen LogP contribution >= 0.6 is 0 Å². The lowest BCUT2D eigenvalue weighted by Crippen LogP contribution is -2.31. The molecule has 14 heteroatoms. The molecule has 0 unspecified atom stereocenters. The van der Waals surface area contributed by atoms with Gasteiger partial charge in [0.15, 0.2) is 39.3 Å². The van der Waals surface area contributed by atoms with E-state index in [0.29, 0.717) is 35.5 Å². The monoisotopic (exact) mass is 1800 g/mol. The highest BCUT2D eigenvalue weighted by Crippen LogP contribution is 2.41. The summed E-state index contributed by atoms with van der Waals surface area (Å²) in [7, 11) is 19.1. The molecule has 0 bridgehead atoms. The summed E-state index contributed by atoms with van der Waals surface area (Å²) >= 11 is 0. The van der Waals surface area contributed by atoms with Crippen LogP contribution in [-0.4, -0.2) is 36.5 Å². The second kappa shape index (κ2) is 42.2. The molecule has 0 aliphatic carbocycles. The first-order chi connectivity index (χ1) is 65.6. The number of para-hydroxylation sites is 11. The highest BCUT2D eigenvalue weighted by Gasteiger charge is 2.36. The second-order valence-electron chi connectivity index (χ2n) is 37.9. The lowest BCUT2D eigenvalue weighted by molar-refractivity contribution is -0.660. The summed E-state index contributed by atoms with van der Waals surface area (Å²) in [6.07, 6.45) is 16.9. The molecule has 20 aromatic rings. The summed E-state index contributed by atoms with van der Waals surface area (Å²) in [4.78, 5) is 0. The first-order valence-electron chi connectivity index (χ1n) is 48.2. The minimum atomic E-state index is 0.444. The number of hydrogen-bond acceptors (Lipinski definition) is 0. The van der Waals surface area contributed by atoms with Gasteiger partial charge in [-0.15, -0.1) is 0 Å².